The zero-order valence-corrected chi connectivity index (χ0v) is 11.7. The molecule has 1 N–H and O–H groups in total. The minimum Gasteiger partial charge on any atom is -0.486 e. The fourth-order valence-corrected chi connectivity index (χ4v) is 1.85. The number of nitrogens with one attached hydrogen (secondary N) is 1. The molecule has 2 aromatic rings. The molecular formula is C15H19NO3. The third-order valence-electron chi connectivity index (χ3n) is 2.53. The predicted octanol–water partition coefficient (Wildman–Crippen LogP) is 3.36. The molecule has 19 heavy (non-hydrogen) atoms. The number of ether oxygens (including phenoxy) is 1. The Kier molecular flexibility index (Phi) is 3.79. The van der Waals surface area contributed by atoms with Crippen molar-refractivity contribution in [1.29, 1.82) is 0 Å². The Balaban J connectivity index is 2.49. The highest BCUT2D eigenvalue weighted by Crippen LogP contribution is 2.33. The Labute approximate surface area is 112 Å². The van der Waals surface area contributed by atoms with Gasteiger partial charge < -0.3 is 14.5 Å². The summed E-state index contributed by atoms with van der Waals surface area (Å²) in [6, 6.07) is 7.54. The minimum atomic E-state index is -0.248. The van der Waals surface area contributed by atoms with Gasteiger partial charge in [0, 0.05) is 6.04 Å². The smallest absolute Gasteiger partial charge is 0.291 e. The fourth-order valence-electron chi connectivity index (χ4n) is 1.85. The van der Waals surface area contributed by atoms with Crippen LogP contribution in [0.2, 0.25) is 0 Å². The van der Waals surface area contributed by atoms with Crippen molar-refractivity contribution in [1.82, 2.24) is 5.32 Å². The fraction of sp³-hybridized carbons (Fsp3) is 0.400. The van der Waals surface area contributed by atoms with Gasteiger partial charge in [-0.25, -0.2) is 0 Å². The van der Waals surface area contributed by atoms with E-state index in [1.165, 1.54) is 0 Å². The van der Waals surface area contributed by atoms with Gasteiger partial charge in [0.15, 0.2) is 5.75 Å². The summed E-state index contributed by atoms with van der Waals surface area (Å²) in [7, 11) is 0. The van der Waals surface area contributed by atoms with Crippen molar-refractivity contribution in [2.45, 2.75) is 39.8 Å². The van der Waals surface area contributed by atoms with Crippen molar-refractivity contribution >= 4 is 16.9 Å². The maximum atomic E-state index is 12.1. The average molecular weight is 261 g/mol. The van der Waals surface area contributed by atoms with Gasteiger partial charge in [0.2, 0.25) is 5.76 Å². The molecule has 0 saturated heterocycles. The minimum absolute atomic E-state index is 0.0217. The van der Waals surface area contributed by atoms with Crippen molar-refractivity contribution in [2.75, 3.05) is 0 Å². The van der Waals surface area contributed by atoms with E-state index in [-0.39, 0.29) is 23.8 Å². The molecule has 0 unspecified atom stereocenters. The van der Waals surface area contributed by atoms with Crippen molar-refractivity contribution < 1.29 is 13.9 Å². The monoisotopic (exact) mass is 261 g/mol. The molecule has 0 aliphatic heterocycles. The van der Waals surface area contributed by atoms with Gasteiger partial charge in [-0.2, -0.15) is 0 Å². The maximum absolute atomic E-state index is 12.1. The average Bonchev–Trinajstić information content (AvgIpc) is 2.67. The van der Waals surface area contributed by atoms with Gasteiger partial charge in [-0.05, 0) is 39.8 Å². The third-order valence-corrected chi connectivity index (χ3v) is 2.53. The summed E-state index contributed by atoms with van der Waals surface area (Å²) < 4.78 is 11.4. The predicted molar refractivity (Wildman–Crippen MR) is 74.6 cm³/mol. The number of carbonyl (C=O) groups excluding carboxylic acids is 1. The first-order valence-electron chi connectivity index (χ1n) is 6.48. The summed E-state index contributed by atoms with van der Waals surface area (Å²) in [5.74, 6) is 0.509. The quantitative estimate of drug-likeness (QED) is 0.918. The number of benzene rings is 1. The summed E-state index contributed by atoms with van der Waals surface area (Å²) in [6.45, 7) is 7.66. The third kappa shape index (κ3) is 2.89. The molecule has 0 radical (unpaired) electrons. The summed E-state index contributed by atoms with van der Waals surface area (Å²) in [5, 5.41) is 3.65. The summed E-state index contributed by atoms with van der Waals surface area (Å²) in [6.07, 6.45) is -0.0217. The first-order valence-corrected chi connectivity index (χ1v) is 6.48. The number of rotatable bonds is 4. The lowest BCUT2D eigenvalue weighted by Gasteiger charge is -2.11. The van der Waals surface area contributed by atoms with Gasteiger partial charge in [0.25, 0.3) is 5.91 Å². The van der Waals surface area contributed by atoms with Crippen molar-refractivity contribution in [3.05, 3.63) is 30.0 Å². The van der Waals surface area contributed by atoms with Crippen LogP contribution in [0.15, 0.2) is 28.7 Å². The Morgan fingerprint density at radius 2 is 1.89 bits per heavy atom. The number of hydrogen-bond donors (Lipinski definition) is 1. The van der Waals surface area contributed by atoms with E-state index in [4.69, 9.17) is 9.15 Å². The first-order chi connectivity index (χ1) is 8.99. The van der Waals surface area contributed by atoms with Crippen LogP contribution in [0.25, 0.3) is 11.0 Å². The molecule has 1 heterocycles. The molecule has 1 amide bonds. The van der Waals surface area contributed by atoms with E-state index in [2.05, 4.69) is 5.32 Å². The Hall–Kier alpha value is -1.97. The van der Waals surface area contributed by atoms with Gasteiger partial charge in [-0.3, -0.25) is 4.79 Å². The topological polar surface area (TPSA) is 51.5 Å². The van der Waals surface area contributed by atoms with Crippen LogP contribution >= 0.6 is 0 Å². The Bertz CT molecular complexity index is 584. The first kappa shape index (κ1) is 13.5. The van der Waals surface area contributed by atoms with E-state index in [0.29, 0.717) is 11.3 Å². The maximum Gasteiger partial charge on any atom is 0.291 e. The summed E-state index contributed by atoms with van der Waals surface area (Å²) in [5.41, 5.74) is 0.659. The SMILES string of the molecule is CC(C)NC(=O)c1oc2ccccc2c1OC(C)C. The Morgan fingerprint density at radius 1 is 1.21 bits per heavy atom. The molecule has 2 rings (SSSR count). The van der Waals surface area contributed by atoms with Gasteiger partial charge in [0.1, 0.15) is 5.58 Å². The summed E-state index contributed by atoms with van der Waals surface area (Å²) >= 11 is 0. The highest BCUT2D eigenvalue weighted by atomic mass is 16.5. The van der Waals surface area contributed by atoms with Gasteiger partial charge >= 0.3 is 0 Å². The van der Waals surface area contributed by atoms with E-state index in [9.17, 15) is 4.79 Å². The molecule has 0 spiro atoms. The van der Waals surface area contributed by atoms with Crippen molar-refractivity contribution in [3.8, 4) is 5.75 Å². The van der Waals surface area contributed by atoms with Crippen LogP contribution in [0.1, 0.15) is 38.2 Å². The van der Waals surface area contributed by atoms with Crippen LogP contribution in [0.4, 0.5) is 0 Å². The molecule has 1 aromatic heterocycles. The molecule has 0 saturated carbocycles. The summed E-state index contributed by atoms with van der Waals surface area (Å²) in [4.78, 5) is 12.1. The molecule has 0 aliphatic rings. The number of carbonyl (C=O) groups is 1. The van der Waals surface area contributed by atoms with Crippen LogP contribution in [-0.2, 0) is 0 Å². The molecule has 102 valence electrons. The molecule has 1 aromatic carbocycles. The normalized spacial score (nSPS) is 11.3. The molecule has 0 atom stereocenters. The second-order valence-electron chi connectivity index (χ2n) is 5.05. The van der Waals surface area contributed by atoms with E-state index in [0.717, 1.165) is 5.39 Å². The van der Waals surface area contributed by atoms with Crippen molar-refractivity contribution in [2.24, 2.45) is 0 Å². The van der Waals surface area contributed by atoms with Crippen LogP contribution in [0, 0.1) is 0 Å². The van der Waals surface area contributed by atoms with Crippen LogP contribution < -0.4 is 10.1 Å². The second-order valence-corrected chi connectivity index (χ2v) is 5.05. The molecular weight excluding hydrogens is 242 g/mol. The van der Waals surface area contributed by atoms with E-state index >= 15 is 0 Å². The number of para-hydroxylation sites is 1. The zero-order valence-electron chi connectivity index (χ0n) is 11.7. The largest absolute Gasteiger partial charge is 0.486 e. The second kappa shape index (κ2) is 5.34. The van der Waals surface area contributed by atoms with Gasteiger partial charge in [-0.15, -0.1) is 0 Å². The molecule has 0 aliphatic carbocycles. The number of furan rings is 1. The van der Waals surface area contributed by atoms with Crippen LogP contribution in [0.5, 0.6) is 5.75 Å². The number of hydrogen-bond acceptors (Lipinski definition) is 3. The Morgan fingerprint density at radius 3 is 2.53 bits per heavy atom. The number of fused-ring (bicyclic) bond motifs is 1. The molecule has 0 fully saturated rings. The van der Waals surface area contributed by atoms with Crippen molar-refractivity contribution in [3.63, 3.8) is 0 Å². The van der Waals surface area contributed by atoms with E-state index < -0.39 is 0 Å². The van der Waals surface area contributed by atoms with E-state index in [1.807, 2.05) is 52.0 Å². The van der Waals surface area contributed by atoms with Gasteiger partial charge in [-0.1, -0.05) is 12.1 Å². The van der Waals surface area contributed by atoms with Crippen LogP contribution in [-0.4, -0.2) is 18.1 Å². The number of amides is 1. The van der Waals surface area contributed by atoms with Gasteiger partial charge in [0.05, 0.1) is 11.5 Å². The lowest BCUT2D eigenvalue weighted by atomic mass is 10.2. The molecule has 4 heteroatoms. The highest BCUT2D eigenvalue weighted by molar-refractivity contribution is 6.01. The van der Waals surface area contributed by atoms with E-state index in [1.54, 1.807) is 0 Å². The standard InChI is InChI=1S/C15H19NO3/c1-9(2)16-15(17)14-13(18-10(3)4)11-7-5-6-8-12(11)19-14/h5-10H,1-4H3,(H,16,17). The molecule has 0 bridgehead atoms. The highest BCUT2D eigenvalue weighted by Gasteiger charge is 2.23. The lowest BCUT2D eigenvalue weighted by molar-refractivity contribution is 0.0909. The van der Waals surface area contributed by atoms with Crippen LogP contribution in [0.3, 0.4) is 0 Å². The lowest BCUT2D eigenvalue weighted by Crippen LogP contribution is -2.30. The zero-order chi connectivity index (χ0) is 14.0. The molecule has 4 nitrogen and oxygen atoms in total.